The van der Waals surface area contributed by atoms with Gasteiger partial charge in [0.25, 0.3) is 0 Å². The first-order valence-corrected chi connectivity index (χ1v) is 5.37. The summed E-state index contributed by atoms with van der Waals surface area (Å²) in [6, 6.07) is 6.85. The minimum Gasteiger partial charge on any atom is -0.399 e. The average molecular weight is 221 g/mol. The van der Waals surface area contributed by atoms with Crippen LogP contribution in [-0.4, -0.2) is 11.6 Å². The van der Waals surface area contributed by atoms with E-state index < -0.39 is 0 Å². The van der Waals surface area contributed by atoms with Gasteiger partial charge in [-0.05, 0) is 44.5 Å². The number of hydrogen-bond acceptors (Lipinski definition) is 2. The monoisotopic (exact) mass is 221 g/mol. The molecule has 0 aromatic heterocycles. The molecule has 0 aliphatic carbocycles. The molecule has 1 aromatic rings. The van der Waals surface area contributed by atoms with Gasteiger partial charge in [0.2, 0.25) is 0 Å². The number of carbonyl (C=O) groups excluding carboxylic acids is 1. The Labute approximate surface area is 96.2 Å². The number of amides is 2. The van der Waals surface area contributed by atoms with Gasteiger partial charge in [-0.25, -0.2) is 4.79 Å². The van der Waals surface area contributed by atoms with E-state index in [0.29, 0.717) is 5.69 Å². The molecular formula is C12H19N3O. The number of rotatable bonds is 3. The van der Waals surface area contributed by atoms with Crippen LogP contribution in [0.25, 0.3) is 0 Å². The summed E-state index contributed by atoms with van der Waals surface area (Å²) < 4.78 is 0. The van der Waals surface area contributed by atoms with Crippen LogP contribution < -0.4 is 16.4 Å². The molecule has 2 amide bonds. The fraction of sp³-hybridized carbons (Fsp3) is 0.417. The van der Waals surface area contributed by atoms with E-state index in [1.54, 1.807) is 24.3 Å². The maximum absolute atomic E-state index is 11.6. The summed E-state index contributed by atoms with van der Waals surface area (Å²) in [7, 11) is 0. The number of nitrogens with two attached hydrogens (primary N) is 1. The zero-order chi connectivity index (χ0) is 12.2. The van der Waals surface area contributed by atoms with Crippen LogP contribution in [-0.2, 0) is 0 Å². The van der Waals surface area contributed by atoms with E-state index in [4.69, 9.17) is 5.73 Å². The summed E-state index contributed by atoms with van der Waals surface area (Å²) in [6.07, 6.45) is 0.877. The van der Waals surface area contributed by atoms with E-state index in [2.05, 4.69) is 10.6 Å². The van der Waals surface area contributed by atoms with Crippen molar-refractivity contribution in [1.29, 1.82) is 0 Å². The van der Waals surface area contributed by atoms with Crippen molar-refractivity contribution < 1.29 is 4.79 Å². The second-order valence-electron chi connectivity index (χ2n) is 4.44. The number of nitrogen functional groups attached to an aromatic ring is 1. The van der Waals surface area contributed by atoms with Crippen molar-refractivity contribution in [2.24, 2.45) is 0 Å². The van der Waals surface area contributed by atoms with Gasteiger partial charge in [-0.3, -0.25) is 0 Å². The highest BCUT2D eigenvalue weighted by Crippen LogP contribution is 2.11. The highest BCUT2D eigenvalue weighted by Gasteiger charge is 2.17. The fourth-order valence-corrected chi connectivity index (χ4v) is 1.12. The second-order valence-corrected chi connectivity index (χ2v) is 4.44. The standard InChI is InChI=1S/C12H19N3O/c1-4-12(2,3)15-11(16)14-10-7-5-9(13)6-8-10/h5-8H,4,13H2,1-3H3,(H2,14,15,16). The predicted molar refractivity (Wildman–Crippen MR) is 67.4 cm³/mol. The molecule has 0 atom stereocenters. The van der Waals surface area contributed by atoms with E-state index in [-0.39, 0.29) is 11.6 Å². The Bertz CT molecular complexity index is 357. The fourth-order valence-electron chi connectivity index (χ4n) is 1.12. The lowest BCUT2D eigenvalue weighted by molar-refractivity contribution is 0.240. The Morgan fingerprint density at radius 3 is 2.38 bits per heavy atom. The molecule has 0 unspecified atom stereocenters. The van der Waals surface area contributed by atoms with E-state index in [0.717, 1.165) is 12.1 Å². The van der Waals surface area contributed by atoms with Crippen molar-refractivity contribution in [1.82, 2.24) is 5.32 Å². The molecule has 0 aliphatic rings. The molecule has 4 heteroatoms. The van der Waals surface area contributed by atoms with Crippen molar-refractivity contribution in [2.45, 2.75) is 32.7 Å². The molecule has 0 saturated carbocycles. The van der Waals surface area contributed by atoms with Crippen molar-refractivity contribution in [2.75, 3.05) is 11.1 Å². The van der Waals surface area contributed by atoms with Crippen LogP contribution in [0, 0.1) is 0 Å². The van der Waals surface area contributed by atoms with Crippen LogP contribution in [0.1, 0.15) is 27.2 Å². The summed E-state index contributed by atoms with van der Waals surface area (Å²) in [5, 5.41) is 5.64. The highest BCUT2D eigenvalue weighted by atomic mass is 16.2. The Kier molecular flexibility index (Phi) is 3.77. The minimum absolute atomic E-state index is 0.197. The molecule has 0 saturated heterocycles. The topological polar surface area (TPSA) is 67.2 Å². The molecular weight excluding hydrogens is 202 g/mol. The molecule has 0 aliphatic heterocycles. The lowest BCUT2D eigenvalue weighted by atomic mass is 10.0. The van der Waals surface area contributed by atoms with E-state index in [1.807, 2.05) is 20.8 Å². The van der Waals surface area contributed by atoms with E-state index in [9.17, 15) is 4.79 Å². The third kappa shape index (κ3) is 3.81. The largest absolute Gasteiger partial charge is 0.399 e. The van der Waals surface area contributed by atoms with Crippen LogP contribution in [0.5, 0.6) is 0 Å². The van der Waals surface area contributed by atoms with Gasteiger partial charge < -0.3 is 16.4 Å². The summed E-state index contributed by atoms with van der Waals surface area (Å²) in [5.74, 6) is 0. The molecule has 88 valence electrons. The normalized spacial score (nSPS) is 10.9. The molecule has 0 fully saturated rings. The third-order valence-electron chi connectivity index (χ3n) is 2.50. The molecule has 4 nitrogen and oxygen atoms in total. The zero-order valence-corrected chi connectivity index (χ0v) is 10.0. The Morgan fingerprint density at radius 1 is 1.31 bits per heavy atom. The first-order chi connectivity index (χ1) is 7.43. The van der Waals surface area contributed by atoms with Gasteiger partial charge in [0.15, 0.2) is 0 Å². The molecule has 1 aromatic carbocycles. The molecule has 4 N–H and O–H groups in total. The number of nitrogens with one attached hydrogen (secondary N) is 2. The number of urea groups is 1. The average Bonchev–Trinajstić information content (AvgIpc) is 2.21. The first kappa shape index (κ1) is 12.4. The maximum Gasteiger partial charge on any atom is 0.319 e. The number of benzene rings is 1. The smallest absolute Gasteiger partial charge is 0.319 e. The Morgan fingerprint density at radius 2 is 1.88 bits per heavy atom. The van der Waals surface area contributed by atoms with E-state index in [1.165, 1.54) is 0 Å². The number of anilines is 2. The summed E-state index contributed by atoms with van der Waals surface area (Å²) in [4.78, 5) is 11.6. The minimum atomic E-state index is -0.198. The SMILES string of the molecule is CCC(C)(C)NC(=O)Nc1ccc(N)cc1. The molecule has 0 spiro atoms. The van der Waals surface area contributed by atoms with Crippen molar-refractivity contribution in [3.05, 3.63) is 24.3 Å². The zero-order valence-electron chi connectivity index (χ0n) is 10.0. The second kappa shape index (κ2) is 4.88. The van der Waals surface area contributed by atoms with Gasteiger partial charge in [0.1, 0.15) is 0 Å². The van der Waals surface area contributed by atoms with Crippen LogP contribution in [0.3, 0.4) is 0 Å². The van der Waals surface area contributed by atoms with Crippen molar-refractivity contribution >= 4 is 17.4 Å². The highest BCUT2D eigenvalue weighted by molar-refractivity contribution is 5.89. The lowest BCUT2D eigenvalue weighted by Crippen LogP contribution is -2.45. The predicted octanol–water partition coefficient (Wildman–Crippen LogP) is 2.58. The lowest BCUT2D eigenvalue weighted by Gasteiger charge is -2.24. The van der Waals surface area contributed by atoms with Gasteiger partial charge in [0, 0.05) is 16.9 Å². The van der Waals surface area contributed by atoms with Gasteiger partial charge in [0.05, 0.1) is 0 Å². The molecule has 16 heavy (non-hydrogen) atoms. The summed E-state index contributed by atoms with van der Waals surface area (Å²) >= 11 is 0. The third-order valence-corrected chi connectivity index (χ3v) is 2.50. The van der Waals surface area contributed by atoms with Gasteiger partial charge in [-0.15, -0.1) is 0 Å². The van der Waals surface area contributed by atoms with Crippen LogP contribution in [0.15, 0.2) is 24.3 Å². The molecule has 0 radical (unpaired) electrons. The molecule has 1 rings (SSSR count). The van der Waals surface area contributed by atoms with Crippen LogP contribution in [0.2, 0.25) is 0 Å². The van der Waals surface area contributed by atoms with Gasteiger partial charge in [-0.1, -0.05) is 6.92 Å². The van der Waals surface area contributed by atoms with Gasteiger partial charge >= 0.3 is 6.03 Å². The van der Waals surface area contributed by atoms with Crippen LogP contribution >= 0.6 is 0 Å². The van der Waals surface area contributed by atoms with Crippen LogP contribution in [0.4, 0.5) is 16.2 Å². The molecule has 0 bridgehead atoms. The number of hydrogen-bond donors (Lipinski definition) is 3. The number of carbonyl (C=O) groups is 1. The van der Waals surface area contributed by atoms with Crippen molar-refractivity contribution in [3.63, 3.8) is 0 Å². The Hall–Kier alpha value is -1.71. The maximum atomic E-state index is 11.6. The molecule has 0 heterocycles. The first-order valence-electron chi connectivity index (χ1n) is 5.37. The summed E-state index contributed by atoms with van der Waals surface area (Å²) in [5.41, 5.74) is 6.77. The Balaban J connectivity index is 2.55. The van der Waals surface area contributed by atoms with Gasteiger partial charge in [-0.2, -0.15) is 0 Å². The van der Waals surface area contributed by atoms with E-state index >= 15 is 0 Å². The summed E-state index contributed by atoms with van der Waals surface area (Å²) in [6.45, 7) is 5.99. The van der Waals surface area contributed by atoms with Crippen molar-refractivity contribution in [3.8, 4) is 0 Å². The quantitative estimate of drug-likeness (QED) is 0.687.